The third-order valence-electron chi connectivity index (χ3n) is 5.95. The Morgan fingerprint density at radius 1 is 1.15 bits per heavy atom. The van der Waals surface area contributed by atoms with Gasteiger partial charge in [-0.3, -0.25) is 9.36 Å². The average Bonchev–Trinajstić information content (AvgIpc) is 2.87. The standard InChI is InChI=1S/C25H32N6O3/c1-2-34-17-7-14-27-25(33)28-20-11-15-30(16-12-20)23-24(32)31(18-19-8-4-3-5-9-19)22-21(29-23)10-6-13-26-22/h3-6,8-10,13,20H,2,7,11-12,14-18H2,1H3,(H2,27,28,33). The number of carbonyl (C=O) groups is 1. The molecule has 0 radical (unpaired) electrons. The zero-order valence-corrected chi connectivity index (χ0v) is 19.6. The molecule has 0 atom stereocenters. The highest BCUT2D eigenvalue weighted by molar-refractivity contribution is 5.74. The van der Waals surface area contributed by atoms with Gasteiger partial charge in [-0.25, -0.2) is 14.8 Å². The van der Waals surface area contributed by atoms with Crippen molar-refractivity contribution < 1.29 is 9.53 Å². The molecule has 1 aliphatic heterocycles. The first-order chi connectivity index (χ1) is 16.7. The second kappa shape index (κ2) is 11.6. The van der Waals surface area contributed by atoms with Crippen molar-refractivity contribution in [2.24, 2.45) is 0 Å². The zero-order valence-electron chi connectivity index (χ0n) is 19.6. The van der Waals surface area contributed by atoms with Crippen LogP contribution in [0.25, 0.3) is 11.2 Å². The van der Waals surface area contributed by atoms with Crippen molar-refractivity contribution in [2.75, 3.05) is 37.7 Å². The van der Waals surface area contributed by atoms with Gasteiger partial charge < -0.3 is 20.3 Å². The summed E-state index contributed by atoms with van der Waals surface area (Å²) in [4.78, 5) is 36.8. The van der Waals surface area contributed by atoms with Crippen molar-refractivity contribution >= 4 is 23.0 Å². The summed E-state index contributed by atoms with van der Waals surface area (Å²) in [6.45, 7) is 5.60. The van der Waals surface area contributed by atoms with E-state index in [0.717, 1.165) is 24.8 Å². The van der Waals surface area contributed by atoms with Crippen molar-refractivity contribution in [1.82, 2.24) is 25.2 Å². The van der Waals surface area contributed by atoms with Crippen LogP contribution in [0, 0.1) is 0 Å². The van der Waals surface area contributed by atoms with Crippen molar-refractivity contribution in [3.05, 3.63) is 64.6 Å². The Kier molecular flexibility index (Phi) is 8.08. The van der Waals surface area contributed by atoms with Gasteiger partial charge in [-0.1, -0.05) is 30.3 Å². The maximum atomic E-state index is 13.5. The van der Waals surface area contributed by atoms with Crippen LogP contribution in [-0.4, -0.2) is 59.5 Å². The Labute approximate surface area is 199 Å². The van der Waals surface area contributed by atoms with Crippen LogP contribution in [0.2, 0.25) is 0 Å². The summed E-state index contributed by atoms with van der Waals surface area (Å²) < 4.78 is 6.98. The largest absolute Gasteiger partial charge is 0.382 e. The number of rotatable bonds is 9. The molecule has 2 amide bonds. The summed E-state index contributed by atoms with van der Waals surface area (Å²) in [5.74, 6) is 0.440. The van der Waals surface area contributed by atoms with Crippen LogP contribution in [0.1, 0.15) is 31.7 Å². The predicted molar refractivity (Wildman–Crippen MR) is 132 cm³/mol. The molecule has 9 heteroatoms. The number of urea groups is 1. The lowest BCUT2D eigenvalue weighted by molar-refractivity contribution is 0.145. The lowest BCUT2D eigenvalue weighted by atomic mass is 10.1. The van der Waals surface area contributed by atoms with Crippen LogP contribution in [0.15, 0.2) is 53.5 Å². The summed E-state index contributed by atoms with van der Waals surface area (Å²) >= 11 is 0. The molecule has 0 unspecified atom stereocenters. The maximum absolute atomic E-state index is 13.5. The Bertz CT molecular complexity index is 1140. The molecule has 34 heavy (non-hydrogen) atoms. The SMILES string of the molecule is CCOCCCNC(=O)NC1CCN(c2nc3cccnc3n(Cc3ccccc3)c2=O)CC1. The first kappa shape index (κ1) is 23.7. The normalized spacial score (nSPS) is 14.3. The summed E-state index contributed by atoms with van der Waals surface area (Å²) in [6, 6.07) is 13.5. The van der Waals surface area contributed by atoms with Crippen LogP contribution < -0.4 is 21.1 Å². The number of aromatic nitrogens is 3. The number of nitrogens with zero attached hydrogens (tertiary/aromatic N) is 4. The highest BCUT2D eigenvalue weighted by Gasteiger charge is 2.25. The second-order valence-corrected chi connectivity index (χ2v) is 8.37. The fraction of sp³-hybridized carbons (Fsp3) is 0.440. The summed E-state index contributed by atoms with van der Waals surface area (Å²) in [5.41, 5.74) is 2.16. The number of ether oxygens (including phenoxy) is 1. The Balaban J connectivity index is 1.42. The molecule has 0 bridgehead atoms. The molecule has 2 aromatic heterocycles. The fourth-order valence-corrected chi connectivity index (χ4v) is 4.17. The van der Waals surface area contributed by atoms with Gasteiger partial charge in [-0.05, 0) is 43.9 Å². The van der Waals surface area contributed by atoms with Gasteiger partial charge in [0.05, 0.1) is 6.54 Å². The predicted octanol–water partition coefficient (Wildman–Crippen LogP) is 2.53. The molecule has 3 aromatic rings. The smallest absolute Gasteiger partial charge is 0.315 e. The van der Waals surface area contributed by atoms with Crippen LogP contribution in [0.4, 0.5) is 10.6 Å². The zero-order chi connectivity index (χ0) is 23.8. The van der Waals surface area contributed by atoms with E-state index in [1.165, 1.54) is 0 Å². The molecular weight excluding hydrogens is 432 g/mol. The minimum atomic E-state index is -0.157. The monoisotopic (exact) mass is 464 g/mol. The van der Waals surface area contributed by atoms with Gasteiger partial charge in [0.1, 0.15) is 5.52 Å². The van der Waals surface area contributed by atoms with Crippen molar-refractivity contribution in [2.45, 2.75) is 38.8 Å². The molecule has 1 fully saturated rings. The number of amides is 2. The molecule has 1 aliphatic rings. The number of benzene rings is 1. The minimum Gasteiger partial charge on any atom is -0.382 e. The van der Waals surface area contributed by atoms with Crippen molar-refractivity contribution in [3.63, 3.8) is 0 Å². The van der Waals surface area contributed by atoms with E-state index in [0.29, 0.717) is 56.4 Å². The Morgan fingerprint density at radius 2 is 1.94 bits per heavy atom. The molecule has 2 N–H and O–H groups in total. The van der Waals surface area contributed by atoms with Crippen LogP contribution in [-0.2, 0) is 11.3 Å². The van der Waals surface area contributed by atoms with E-state index in [4.69, 9.17) is 4.74 Å². The number of nitrogens with one attached hydrogen (secondary N) is 2. The molecule has 180 valence electrons. The van der Waals surface area contributed by atoms with Gasteiger partial charge in [0.15, 0.2) is 11.5 Å². The van der Waals surface area contributed by atoms with Gasteiger partial charge in [0.2, 0.25) is 0 Å². The molecular formula is C25H32N6O3. The van der Waals surface area contributed by atoms with Crippen molar-refractivity contribution in [1.29, 1.82) is 0 Å². The van der Waals surface area contributed by atoms with Crippen LogP contribution in [0.3, 0.4) is 0 Å². The third kappa shape index (κ3) is 5.91. The van der Waals surface area contributed by atoms with E-state index in [1.54, 1.807) is 10.8 Å². The summed E-state index contributed by atoms with van der Waals surface area (Å²) in [7, 11) is 0. The molecule has 1 saturated heterocycles. The van der Waals surface area contributed by atoms with E-state index < -0.39 is 0 Å². The summed E-state index contributed by atoms with van der Waals surface area (Å²) in [5, 5.41) is 5.91. The van der Waals surface area contributed by atoms with E-state index in [9.17, 15) is 9.59 Å². The quantitative estimate of drug-likeness (QED) is 0.472. The Hall–Kier alpha value is -3.46. The number of hydrogen-bond donors (Lipinski definition) is 2. The van der Waals surface area contributed by atoms with Gasteiger partial charge in [0.25, 0.3) is 5.56 Å². The van der Waals surface area contributed by atoms with E-state index in [1.807, 2.05) is 54.3 Å². The van der Waals surface area contributed by atoms with Gasteiger partial charge >= 0.3 is 6.03 Å². The van der Waals surface area contributed by atoms with Crippen molar-refractivity contribution in [3.8, 4) is 0 Å². The Morgan fingerprint density at radius 3 is 2.71 bits per heavy atom. The van der Waals surface area contributed by atoms with E-state index in [-0.39, 0.29) is 17.6 Å². The van der Waals surface area contributed by atoms with Gasteiger partial charge in [0, 0.05) is 45.1 Å². The number of fused-ring (bicyclic) bond motifs is 1. The molecule has 1 aromatic carbocycles. The minimum absolute atomic E-state index is 0.0665. The third-order valence-corrected chi connectivity index (χ3v) is 5.95. The highest BCUT2D eigenvalue weighted by Crippen LogP contribution is 2.18. The lowest BCUT2D eigenvalue weighted by Crippen LogP contribution is -2.49. The molecule has 3 heterocycles. The first-order valence-corrected chi connectivity index (χ1v) is 11.9. The molecule has 4 rings (SSSR count). The summed E-state index contributed by atoms with van der Waals surface area (Å²) in [6.07, 6.45) is 3.97. The number of hydrogen-bond acceptors (Lipinski definition) is 6. The lowest BCUT2D eigenvalue weighted by Gasteiger charge is -2.33. The average molecular weight is 465 g/mol. The van der Waals surface area contributed by atoms with Gasteiger partial charge in [-0.2, -0.15) is 0 Å². The first-order valence-electron chi connectivity index (χ1n) is 11.9. The number of piperidine rings is 1. The van der Waals surface area contributed by atoms with Crippen LogP contribution in [0.5, 0.6) is 0 Å². The molecule has 0 aliphatic carbocycles. The molecule has 0 saturated carbocycles. The number of anilines is 1. The number of carbonyl (C=O) groups excluding carboxylic acids is 1. The topological polar surface area (TPSA) is 101 Å². The van der Waals surface area contributed by atoms with E-state index in [2.05, 4.69) is 20.6 Å². The fourth-order valence-electron chi connectivity index (χ4n) is 4.17. The van der Waals surface area contributed by atoms with Crippen LogP contribution >= 0.6 is 0 Å². The maximum Gasteiger partial charge on any atom is 0.315 e. The highest BCUT2D eigenvalue weighted by atomic mass is 16.5. The molecule has 9 nitrogen and oxygen atoms in total. The van der Waals surface area contributed by atoms with E-state index >= 15 is 0 Å². The molecule has 0 spiro atoms. The number of pyridine rings is 1. The van der Waals surface area contributed by atoms with Gasteiger partial charge in [-0.15, -0.1) is 0 Å². The second-order valence-electron chi connectivity index (χ2n) is 8.37.